The summed E-state index contributed by atoms with van der Waals surface area (Å²) in [6.45, 7) is 7.11. The third-order valence-corrected chi connectivity index (χ3v) is 4.94. The van der Waals surface area contributed by atoms with Gasteiger partial charge in [0.25, 0.3) is 0 Å². The molecular weight excluding hydrogens is 312 g/mol. The smallest absolute Gasteiger partial charge is 0.239 e. The number of carbonyl (C=O) groups is 2. The van der Waals surface area contributed by atoms with Crippen molar-refractivity contribution in [2.75, 3.05) is 11.4 Å². The predicted molar refractivity (Wildman–Crippen MR) is 99.4 cm³/mol. The number of hydrogen-bond donors (Lipinski definition) is 1. The maximum Gasteiger partial charge on any atom is 0.239 e. The van der Waals surface area contributed by atoms with Crippen LogP contribution in [-0.2, 0) is 16.1 Å². The van der Waals surface area contributed by atoms with E-state index in [4.69, 9.17) is 0 Å². The van der Waals surface area contributed by atoms with Crippen LogP contribution in [0.25, 0.3) is 0 Å². The van der Waals surface area contributed by atoms with E-state index >= 15 is 0 Å². The summed E-state index contributed by atoms with van der Waals surface area (Å²) < 4.78 is 0. The van der Waals surface area contributed by atoms with Crippen LogP contribution >= 0.6 is 0 Å². The first-order chi connectivity index (χ1) is 12.0. The second kappa shape index (κ2) is 7.09. The number of amides is 2. The molecule has 1 N–H and O–H groups in total. The van der Waals surface area contributed by atoms with E-state index in [2.05, 4.69) is 5.32 Å². The van der Waals surface area contributed by atoms with Gasteiger partial charge < -0.3 is 10.2 Å². The lowest BCUT2D eigenvalue weighted by Gasteiger charge is -2.20. The van der Waals surface area contributed by atoms with Crippen molar-refractivity contribution in [3.63, 3.8) is 0 Å². The molecule has 2 amide bonds. The Balaban J connectivity index is 1.67. The molecule has 1 fully saturated rings. The molecule has 3 rings (SSSR count). The summed E-state index contributed by atoms with van der Waals surface area (Å²) >= 11 is 0. The molecular formula is C21H24N2O2. The topological polar surface area (TPSA) is 49.4 Å². The fourth-order valence-corrected chi connectivity index (χ4v) is 3.32. The van der Waals surface area contributed by atoms with Gasteiger partial charge in [-0.15, -0.1) is 0 Å². The molecule has 2 aromatic rings. The maximum absolute atomic E-state index is 12.7. The minimum Gasteiger partial charge on any atom is -0.351 e. The standard InChI is InChI=1S/C21H24N2O2/c1-14-6-4-8-17(12-14)13-22-20(24)18-10-11-23(21(18)25)19-9-5-7-15(2)16(19)3/h4-9,12,18H,10-11,13H2,1-3H3,(H,22,24)/t18-/m1/s1. The van der Waals surface area contributed by atoms with Gasteiger partial charge in [-0.05, 0) is 49.9 Å². The van der Waals surface area contributed by atoms with Gasteiger partial charge in [0.1, 0.15) is 5.92 Å². The third kappa shape index (κ3) is 3.58. The minimum absolute atomic E-state index is 0.101. The second-order valence-corrected chi connectivity index (χ2v) is 6.76. The van der Waals surface area contributed by atoms with E-state index < -0.39 is 5.92 Å². The van der Waals surface area contributed by atoms with Crippen LogP contribution in [0.5, 0.6) is 0 Å². The van der Waals surface area contributed by atoms with Crippen molar-refractivity contribution in [3.05, 3.63) is 64.7 Å². The van der Waals surface area contributed by atoms with Crippen LogP contribution in [0.2, 0.25) is 0 Å². The van der Waals surface area contributed by atoms with E-state index in [-0.39, 0.29) is 11.8 Å². The molecule has 1 aliphatic heterocycles. The van der Waals surface area contributed by atoms with E-state index in [0.29, 0.717) is 19.5 Å². The van der Waals surface area contributed by atoms with Gasteiger partial charge in [0.05, 0.1) is 0 Å². The van der Waals surface area contributed by atoms with Crippen LogP contribution in [0.3, 0.4) is 0 Å². The Hall–Kier alpha value is -2.62. The predicted octanol–water partition coefficient (Wildman–Crippen LogP) is 3.28. The number of nitrogens with zero attached hydrogens (tertiary/aromatic N) is 1. The normalized spacial score (nSPS) is 17.0. The Kier molecular flexibility index (Phi) is 4.88. The van der Waals surface area contributed by atoms with Crippen molar-refractivity contribution in [2.24, 2.45) is 5.92 Å². The van der Waals surface area contributed by atoms with E-state index in [1.54, 1.807) is 4.90 Å². The van der Waals surface area contributed by atoms with E-state index in [0.717, 1.165) is 27.9 Å². The van der Waals surface area contributed by atoms with Crippen LogP contribution in [0.1, 0.15) is 28.7 Å². The average Bonchev–Trinajstić information content (AvgIpc) is 2.97. The maximum atomic E-state index is 12.7. The highest BCUT2D eigenvalue weighted by Gasteiger charge is 2.37. The van der Waals surface area contributed by atoms with Gasteiger partial charge in [-0.3, -0.25) is 9.59 Å². The van der Waals surface area contributed by atoms with Gasteiger partial charge in [-0.1, -0.05) is 42.0 Å². The molecule has 4 heteroatoms. The molecule has 0 radical (unpaired) electrons. The van der Waals surface area contributed by atoms with E-state index in [1.165, 1.54) is 0 Å². The highest BCUT2D eigenvalue weighted by molar-refractivity contribution is 6.09. The van der Waals surface area contributed by atoms with Crippen LogP contribution in [-0.4, -0.2) is 18.4 Å². The molecule has 0 aromatic heterocycles. The SMILES string of the molecule is Cc1cccc(CNC(=O)[C@H]2CCN(c3cccc(C)c3C)C2=O)c1. The van der Waals surface area contributed by atoms with Crippen molar-refractivity contribution < 1.29 is 9.59 Å². The Morgan fingerprint density at radius 3 is 2.68 bits per heavy atom. The van der Waals surface area contributed by atoms with Crippen molar-refractivity contribution in [1.29, 1.82) is 0 Å². The molecule has 0 spiro atoms. The summed E-state index contributed by atoms with van der Waals surface area (Å²) in [5.74, 6) is -0.875. The van der Waals surface area contributed by atoms with Crippen LogP contribution in [0.4, 0.5) is 5.69 Å². The van der Waals surface area contributed by atoms with Crippen molar-refractivity contribution in [1.82, 2.24) is 5.32 Å². The van der Waals surface area contributed by atoms with Crippen molar-refractivity contribution in [3.8, 4) is 0 Å². The van der Waals surface area contributed by atoms with Crippen molar-refractivity contribution in [2.45, 2.75) is 33.7 Å². The Morgan fingerprint density at radius 2 is 1.92 bits per heavy atom. The molecule has 1 atom stereocenters. The Morgan fingerprint density at radius 1 is 1.16 bits per heavy atom. The minimum atomic E-state index is -0.593. The number of aryl methyl sites for hydroxylation is 2. The summed E-state index contributed by atoms with van der Waals surface area (Å²) in [6.07, 6.45) is 0.561. The highest BCUT2D eigenvalue weighted by Crippen LogP contribution is 2.29. The third-order valence-electron chi connectivity index (χ3n) is 4.94. The Labute approximate surface area is 148 Å². The van der Waals surface area contributed by atoms with Crippen LogP contribution in [0.15, 0.2) is 42.5 Å². The number of benzene rings is 2. The fraction of sp³-hybridized carbons (Fsp3) is 0.333. The van der Waals surface area contributed by atoms with Gasteiger partial charge in [0.15, 0.2) is 0 Å². The lowest BCUT2D eigenvalue weighted by molar-refractivity contribution is -0.132. The van der Waals surface area contributed by atoms with E-state index in [1.807, 2.05) is 63.2 Å². The zero-order valence-electron chi connectivity index (χ0n) is 15.0. The monoisotopic (exact) mass is 336 g/mol. The fourth-order valence-electron chi connectivity index (χ4n) is 3.32. The summed E-state index contributed by atoms with van der Waals surface area (Å²) in [4.78, 5) is 27.0. The van der Waals surface area contributed by atoms with Crippen LogP contribution < -0.4 is 10.2 Å². The van der Waals surface area contributed by atoms with Crippen molar-refractivity contribution >= 4 is 17.5 Å². The number of carbonyl (C=O) groups excluding carboxylic acids is 2. The zero-order chi connectivity index (χ0) is 18.0. The number of nitrogens with one attached hydrogen (secondary N) is 1. The van der Waals surface area contributed by atoms with Gasteiger partial charge in [-0.2, -0.15) is 0 Å². The molecule has 0 aliphatic carbocycles. The largest absolute Gasteiger partial charge is 0.351 e. The Bertz CT molecular complexity index is 813. The molecule has 130 valence electrons. The second-order valence-electron chi connectivity index (χ2n) is 6.76. The quantitative estimate of drug-likeness (QED) is 0.871. The first kappa shape index (κ1) is 17.2. The van der Waals surface area contributed by atoms with Gasteiger partial charge in [0, 0.05) is 18.8 Å². The molecule has 2 aromatic carbocycles. The summed E-state index contributed by atoms with van der Waals surface area (Å²) in [6, 6.07) is 14.0. The van der Waals surface area contributed by atoms with Gasteiger partial charge in [-0.25, -0.2) is 0 Å². The average molecular weight is 336 g/mol. The summed E-state index contributed by atoms with van der Waals surface area (Å²) in [5.41, 5.74) is 5.36. The number of hydrogen-bond acceptors (Lipinski definition) is 2. The lowest BCUT2D eigenvalue weighted by Crippen LogP contribution is -2.36. The molecule has 4 nitrogen and oxygen atoms in total. The number of anilines is 1. The molecule has 0 saturated carbocycles. The first-order valence-electron chi connectivity index (χ1n) is 8.68. The molecule has 0 bridgehead atoms. The molecule has 0 unspecified atom stereocenters. The molecule has 25 heavy (non-hydrogen) atoms. The van der Waals surface area contributed by atoms with Gasteiger partial charge >= 0.3 is 0 Å². The number of rotatable bonds is 4. The lowest BCUT2D eigenvalue weighted by atomic mass is 10.1. The van der Waals surface area contributed by atoms with Crippen LogP contribution in [0, 0.1) is 26.7 Å². The first-order valence-corrected chi connectivity index (χ1v) is 8.68. The molecule has 1 heterocycles. The van der Waals surface area contributed by atoms with E-state index in [9.17, 15) is 9.59 Å². The zero-order valence-corrected chi connectivity index (χ0v) is 15.0. The van der Waals surface area contributed by atoms with Gasteiger partial charge in [0.2, 0.25) is 11.8 Å². The summed E-state index contributed by atoms with van der Waals surface area (Å²) in [7, 11) is 0. The molecule has 1 saturated heterocycles. The molecule has 1 aliphatic rings. The highest BCUT2D eigenvalue weighted by atomic mass is 16.2. The summed E-state index contributed by atoms with van der Waals surface area (Å²) in [5, 5.41) is 2.91.